The molecule has 0 heterocycles. The highest BCUT2D eigenvalue weighted by Crippen LogP contribution is 2.36. The fourth-order valence-electron chi connectivity index (χ4n) is 1.94. The molecule has 6 heteroatoms. The average molecular weight is 300 g/mol. The number of sulfonamides is 1. The summed E-state index contributed by atoms with van der Waals surface area (Å²) in [6.45, 7) is 5.26. The maximum Gasteiger partial charge on any atom is 0.243 e. The van der Waals surface area contributed by atoms with Gasteiger partial charge in [-0.2, -0.15) is 0 Å². The highest BCUT2D eigenvalue weighted by molar-refractivity contribution is 7.89. The van der Waals surface area contributed by atoms with Crippen molar-refractivity contribution in [2.45, 2.75) is 50.1 Å². The number of rotatable bonds is 7. The summed E-state index contributed by atoms with van der Waals surface area (Å²) in [6, 6.07) is 4.23. The molecule has 0 aromatic heterocycles. The van der Waals surface area contributed by atoms with Crippen LogP contribution in [0, 0.1) is 5.82 Å². The zero-order valence-corrected chi connectivity index (χ0v) is 12.7. The molecule has 4 nitrogen and oxygen atoms in total. The molecule has 0 atom stereocenters. The van der Waals surface area contributed by atoms with Crippen molar-refractivity contribution < 1.29 is 12.8 Å². The first-order valence-electron chi connectivity index (χ1n) is 6.89. The molecule has 0 unspecified atom stereocenters. The summed E-state index contributed by atoms with van der Waals surface area (Å²) >= 11 is 0. The summed E-state index contributed by atoms with van der Waals surface area (Å²) in [6.07, 6.45) is 2.59. The molecule has 1 fully saturated rings. The Hall–Kier alpha value is -0.980. The molecule has 1 aromatic rings. The lowest BCUT2D eigenvalue weighted by Crippen LogP contribution is -2.34. The van der Waals surface area contributed by atoms with Crippen LogP contribution in [0.4, 0.5) is 4.39 Å². The molecule has 1 aliphatic rings. The van der Waals surface area contributed by atoms with Gasteiger partial charge in [-0.15, -0.1) is 0 Å². The monoisotopic (exact) mass is 300 g/mol. The van der Waals surface area contributed by atoms with E-state index in [9.17, 15) is 12.8 Å². The van der Waals surface area contributed by atoms with E-state index >= 15 is 0 Å². The Morgan fingerprint density at radius 2 is 2.05 bits per heavy atom. The van der Waals surface area contributed by atoms with Crippen LogP contribution in [0.2, 0.25) is 0 Å². The fraction of sp³-hybridized carbons (Fsp3) is 0.571. The zero-order chi connectivity index (χ0) is 14.8. The molecule has 0 amide bonds. The Morgan fingerprint density at radius 3 is 2.65 bits per heavy atom. The van der Waals surface area contributed by atoms with Crippen LogP contribution in [-0.4, -0.2) is 20.5 Å². The van der Waals surface area contributed by atoms with Crippen LogP contribution < -0.4 is 10.0 Å². The highest BCUT2D eigenvalue weighted by Gasteiger charge is 2.41. The van der Waals surface area contributed by atoms with Crippen molar-refractivity contribution in [3.8, 4) is 0 Å². The van der Waals surface area contributed by atoms with Crippen LogP contribution in [0.15, 0.2) is 23.1 Å². The fourth-order valence-corrected chi connectivity index (χ4v) is 3.54. The van der Waals surface area contributed by atoms with Gasteiger partial charge in [0.05, 0.1) is 0 Å². The van der Waals surface area contributed by atoms with Gasteiger partial charge in [0.2, 0.25) is 10.0 Å². The van der Waals surface area contributed by atoms with Gasteiger partial charge in [-0.25, -0.2) is 17.5 Å². The Bertz CT molecular complexity index is 583. The van der Waals surface area contributed by atoms with E-state index in [0.29, 0.717) is 6.54 Å². The van der Waals surface area contributed by atoms with E-state index in [-0.39, 0.29) is 4.90 Å². The van der Waals surface area contributed by atoms with E-state index in [1.165, 1.54) is 12.1 Å². The summed E-state index contributed by atoms with van der Waals surface area (Å²) < 4.78 is 40.8. The summed E-state index contributed by atoms with van der Waals surface area (Å²) in [5.74, 6) is -0.707. The zero-order valence-electron chi connectivity index (χ0n) is 11.9. The molecule has 1 saturated carbocycles. The lowest BCUT2D eigenvalue weighted by molar-refractivity contribution is 0.539. The van der Waals surface area contributed by atoms with Crippen molar-refractivity contribution in [2.75, 3.05) is 6.54 Å². The maximum absolute atomic E-state index is 13.8. The quantitative estimate of drug-likeness (QED) is 0.759. The smallest absolute Gasteiger partial charge is 0.243 e. The molecule has 2 rings (SSSR count). The van der Waals surface area contributed by atoms with E-state index in [4.69, 9.17) is 0 Å². The van der Waals surface area contributed by atoms with Gasteiger partial charge in [0.25, 0.3) is 0 Å². The van der Waals surface area contributed by atoms with Crippen molar-refractivity contribution >= 4 is 10.0 Å². The number of nitrogens with one attached hydrogen (secondary N) is 2. The second-order valence-electron chi connectivity index (χ2n) is 5.61. The van der Waals surface area contributed by atoms with E-state index in [1.807, 2.05) is 13.8 Å². The number of hydrogen-bond donors (Lipinski definition) is 2. The SMILES string of the molecule is CCCNCc1ccc(F)c(S(=O)(=O)NC2(C)CC2)c1. The van der Waals surface area contributed by atoms with E-state index in [1.54, 1.807) is 6.07 Å². The first-order chi connectivity index (χ1) is 9.36. The first kappa shape index (κ1) is 15.4. The largest absolute Gasteiger partial charge is 0.313 e. The van der Waals surface area contributed by atoms with Gasteiger partial charge >= 0.3 is 0 Å². The Kier molecular flexibility index (Phi) is 4.46. The minimum atomic E-state index is -3.79. The molecular weight excluding hydrogens is 279 g/mol. The molecule has 0 radical (unpaired) electrons. The van der Waals surface area contributed by atoms with Crippen LogP contribution in [0.1, 0.15) is 38.7 Å². The van der Waals surface area contributed by atoms with Crippen molar-refractivity contribution in [1.29, 1.82) is 0 Å². The molecule has 20 heavy (non-hydrogen) atoms. The lowest BCUT2D eigenvalue weighted by atomic mass is 10.2. The molecule has 0 spiro atoms. The van der Waals surface area contributed by atoms with Gasteiger partial charge in [-0.1, -0.05) is 13.0 Å². The molecule has 1 aromatic carbocycles. The molecule has 112 valence electrons. The summed E-state index contributed by atoms with van der Waals surface area (Å²) in [5.41, 5.74) is 0.364. The van der Waals surface area contributed by atoms with Gasteiger partial charge in [0.15, 0.2) is 0 Å². The second kappa shape index (κ2) is 5.79. The van der Waals surface area contributed by atoms with Crippen LogP contribution in [0.5, 0.6) is 0 Å². The molecular formula is C14H21FN2O2S. The standard InChI is InChI=1S/C14H21FN2O2S/c1-3-8-16-10-11-4-5-12(15)13(9-11)20(18,19)17-14(2)6-7-14/h4-5,9,16-17H,3,6-8,10H2,1-2H3. The van der Waals surface area contributed by atoms with Crippen LogP contribution in [0.25, 0.3) is 0 Å². The maximum atomic E-state index is 13.8. The molecule has 0 bridgehead atoms. The van der Waals surface area contributed by atoms with Gasteiger partial charge in [-0.05, 0) is 50.4 Å². The third-order valence-corrected chi connectivity index (χ3v) is 5.08. The Labute approximate surface area is 119 Å². The molecule has 0 aliphatic heterocycles. The second-order valence-corrected chi connectivity index (χ2v) is 7.26. The summed E-state index contributed by atoms with van der Waals surface area (Å²) in [7, 11) is -3.79. The molecule has 0 saturated heterocycles. The number of benzene rings is 1. The third kappa shape index (κ3) is 3.77. The highest BCUT2D eigenvalue weighted by atomic mass is 32.2. The van der Waals surface area contributed by atoms with E-state index < -0.39 is 21.4 Å². The average Bonchev–Trinajstić information content (AvgIpc) is 3.08. The van der Waals surface area contributed by atoms with E-state index in [0.717, 1.165) is 31.4 Å². The van der Waals surface area contributed by atoms with Crippen molar-refractivity contribution in [3.05, 3.63) is 29.6 Å². The summed E-state index contributed by atoms with van der Waals surface area (Å²) in [4.78, 5) is -0.263. The van der Waals surface area contributed by atoms with Crippen molar-refractivity contribution in [2.24, 2.45) is 0 Å². The van der Waals surface area contributed by atoms with Crippen LogP contribution in [-0.2, 0) is 16.6 Å². The minimum Gasteiger partial charge on any atom is -0.313 e. The minimum absolute atomic E-state index is 0.263. The van der Waals surface area contributed by atoms with E-state index in [2.05, 4.69) is 10.0 Å². The first-order valence-corrected chi connectivity index (χ1v) is 8.38. The van der Waals surface area contributed by atoms with Gasteiger partial charge < -0.3 is 5.32 Å². The normalized spacial score (nSPS) is 17.1. The Morgan fingerprint density at radius 1 is 1.35 bits per heavy atom. The number of hydrogen-bond acceptors (Lipinski definition) is 3. The third-order valence-electron chi connectivity index (χ3n) is 3.42. The van der Waals surface area contributed by atoms with Crippen LogP contribution in [0.3, 0.4) is 0 Å². The summed E-state index contributed by atoms with van der Waals surface area (Å²) in [5, 5.41) is 3.17. The van der Waals surface area contributed by atoms with Crippen molar-refractivity contribution in [3.63, 3.8) is 0 Å². The Balaban J connectivity index is 2.19. The predicted octanol–water partition coefficient (Wildman–Crippen LogP) is 2.16. The van der Waals surface area contributed by atoms with Gasteiger partial charge in [-0.3, -0.25) is 0 Å². The molecule has 1 aliphatic carbocycles. The van der Waals surface area contributed by atoms with Gasteiger partial charge in [0.1, 0.15) is 10.7 Å². The lowest BCUT2D eigenvalue weighted by Gasteiger charge is -2.14. The molecule has 2 N–H and O–H groups in total. The van der Waals surface area contributed by atoms with Crippen LogP contribution >= 0.6 is 0 Å². The van der Waals surface area contributed by atoms with Gasteiger partial charge in [0, 0.05) is 12.1 Å². The topological polar surface area (TPSA) is 58.2 Å². The van der Waals surface area contributed by atoms with Crippen molar-refractivity contribution in [1.82, 2.24) is 10.0 Å². The number of halogens is 1. The predicted molar refractivity (Wildman–Crippen MR) is 76.4 cm³/mol.